The van der Waals surface area contributed by atoms with Gasteiger partial charge in [-0.2, -0.15) is 5.10 Å². The molecule has 0 radical (unpaired) electrons. The number of rotatable bonds is 2. The van der Waals surface area contributed by atoms with Crippen LogP contribution in [0.15, 0.2) is 18.2 Å². The minimum atomic E-state index is -0.526. The Bertz CT molecular complexity index is 588. The maximum absolute atomic E-state index is 11.4. The molecule has 6 nitrogen and oxygen atoms in total. The number of nitrogens with one attached hydrogen (secondary N) is 1. The van der Waals surface area contributed by atoms with Gasteiger partial charge in [-0.3, -0.25) is 5.10 Å². The van der Waals surface area contributed by atoms with Gasteiger partial charge in [-0.05, 0) is 18.2 Å². The minimum absolute atomic E-state index is 0.193. The Morgan fingerprint density at radius 2 is 1.88 bits per heavy atom. The largest absolute Gasteiger partial charge is 0.465 e. The van der Waals surface area contributed by atoms with Crippen LogP contribution in [0.25, 0.3) is 10.9 Å². The Labute approximate surface area is 96.5 Å². The van der Waals surface area contributed by atoms with Crippen molar-refractivity contribution >= 4 is 22.8 Å². The van der Waals surface area contributed by atoms with Crippen molar-refractivity contribution in [3.8, 4) is 0 Å². The quantitative estimate of drug-likeness (QED) is 0.788. The molecule has 0 spiro atoms. The molecule has 0 bridgehead atoms. The van der Waals surface area contributed by atoms with E-state index in [1.165, 1.54) is 14.2 Å². The summed E-state index contributed by atoms with van der Waals surface area (Å²) in [4.78, 5) is 22.7. The fourth-order valence-electron chi connectivity index (χ4n) is 1.52. The van der Waals surface area contributed by atoms with E-state index in [-0.39, 0.29) is 5.69 Å². The molecule has 17 heavy (non-hydrogen) atoms. The monoisotopic (exact) mass is 234 g/mol. The molecule has 0 fully saturated rings. The number of carbonyl (C=O) groups excluding carboxylic acids is 2. The molecule has 2 aromatic rings. The second-order valence-electron chi connectivity index (χ2n) is 3.32. The molecule has 0 atom stereocenters. The van der Waals surface area contributed by atoms with E-state index < -0.39 is 11.9 Å². The molecular formula is C11H10N2O4. The van der Waals surface area contributed by atoms with Crippen molar-refractivity contribution in [2.24, 2.45) is 0 Å². The number of hydrogen-bond donors (Lipinski definition) is 1. The van der Waals surface area contributed by atoms with E-state index in [2.05, 4.69) is 19.7 Å². The lowest BCUT2D eigenvalue weighted by Gasteiger charge is -1.99. The molecule has 0 unspecified atom stereocenters. The zero-order valence-corrected chi connectivity index (χ0v) is 9.31. The van der Waals surface area contributed by atoms with Crippen molar-refractivity contribution in [3.05, 3.63) is 29.5 Å². The van der Waals surface area contributed by atoms with Gasteiger partial charge in [0, 0.05) is 5.39 Å². The standard InChI is InChI=1S/C11H10N2O4/c1-16-10(14)6-3-4-7-8(5-6)12-13-9(7)11(15)17-2/h3-5H,1-2H3,(H,12,13). The Morgan fingerprint density at radius 3 is 2.53 bits per heavy atom. The van der Waals surface area contributed by atoms with Gasteiger partial charge in [0.1, 0.15) is 0 Å². The molecule has 0 saturated heterocycles. The van der Waals surface area contributed by atoms with Crippen LogP contribution in [0.3, 0.4) is 0 Å². The van der Waals surface area contributed by atoms with Crippen LogP contribution in [-0.4, -0.2) is 36.4 Å². The van der Waals surface area contributed by atoms with Crippen molar-refractivity contribution in [2.75, 3.05) is 14.2 Å². The first-order valence-corrected chi connectivity index (χ1v) is 4.82. The molecular weight excluding hydrogens is 224 g/mol. The first-order chi connectivity index (χ1) is 8.17. The van der Waals surface area contributed by atoms with Crippen molar-refractivity contribution in [3.63, 3.8) is 0 Å². The van der Waals surface area contributed by atoms with Crippen LogP contribution in [0.5, 0.6) is 0 Å². The van der Waals surface area contributed by atoms with E-state index in [1.54, 1.807) is 18.2 Å². The van der Waals surface area contributed by atoms with Crippen molar-refractivity contribution in [2.45, 2.75) is 0 Å². The molecule has 6 heteroatoms. The van der Waals surface area contributed by atoms with Crippen LogP contribution in [0.2, 0.25) is 0 Å². The fraction of sp³-hybridized carbons (Fsp3) is 0.182. The fourth-order valence-corrected chi connectivity index (χ4v) is 1.52. The van der Waals surface area contributed by atoms with Crippen LogP contribution in [-0.2, 0) is 9.47 Å². The van der Waals surface area contributed by atoms with E-state index >= 15 is 0 Å². The van der Waals surface area contributed by atoms with Crippen molar-refractivity contribution in [1.29, 1.82) is 0 Å². The Morgan fingerprint density at radius 1 is 1.18 bits per heavy atom. The minimum Gasteiger partial charge on any atom is -0.465 e. The summed E-state index contributed by atoms with van der Waals surface area (Å²) in [6.45, 7) is 0. The van der Waals surface area contributed by atoms with Gasteiger partial charge in [0.25, 0.3) is 0 Å². The molecule has 1 aromatic carbocycles. The molecule has 0 amide bonds. The van der Waals surface area contributed by atoms with Gasteiger partial charge >= 0.3 is 11.9 Å². The first-order valence-electron chi connectivity index (χ1n) is 4.82. The number of benzene rings is 1. The van der Waals surface area contributed by atoms with Crippen molar-refractivity contribution in [1.82, 2.24) is 10.2 Å². The van der Waals surface area contributed by atoms with Gasteiger partial charge in [0.2, 0.25) is 0 Å². The number of ether oxygens (including phenoxy) is 2. The van der Waals surface area contributed by atoms with E-state index in [1.807, 2.05) is 0 Å². The lowest BCUT2D eigenvalue weighted by Crippen LogP contribution is -2.02. The van der Waals surface area contributed by atoms with Crippen LogP contribution in [0, 0.1) is 0 Å². The second kappa shape index (κ2) is 4.25. The van der Waals surface area contributed by atoms with E-state index in [0.29, 0.717) is 16.5 Å². The zero-order valence-electron chi connectivity index (χ0n) is 9.31. The molecule has 1 aromatic heterocycles. The highest BCUT2D eigenvalue weighted by atomic mass is 16.5. The Balaban J connectivity index is 2.52. The average Bonchev–Trinajstić information content (AvgIpc) is 2.79. The third-order valence-corrected chi connectivity index (χ3v) is 2.36. The predicted molar refractivity (Wildman–Crippen MR) is 58.8 cm³/mol. The number of nitrogens with zero attached hydrogens (tertiary/aromatic N) is 1. The van der Waals surface area contributed by atoms with E-state index in [4.69, 9.17) is 0 Å². The summed E-state index contributed by atoms with van der Waals surface area (Å²) in [6.07, 6.45) is 0. The number of H-pyrrole nitrogens is 1. The van der Waals surface area contributed by atoms with E-state index in [9.17, 15) is 9.59 Å². The number of fused-ring (bicyclic) bond motifs is 1. The number of aromatic amines is 1. The molecule has 1 heterocycles. The number of aromatic nitrogens is 2. The van der Waals surface area contributed by atoms with Crippen LogP contribution in [0.4, 0.5) is 0 Å². The second-order valence-corrected chi connectivity index (χ2v) is 3.32. The van der Waals surface area contributed by atoms with Gasteiger partial charge < -0.3 is 9.47 Å². The Kier molecular flexibility index (Phi) is 2.78. The number of methoxy groups -OCH3 is 2. The van der Waals surface area contributed by atoms with Gasteiger partial charge in [0.05, 0.1) is 25.3 Å². The number of carbonyl (C=O) groups is 2. The molecule has 2 rings (SSSR count). The average molecular weight is 234 g/mol. The van der Waals surface area contributed by atoms with Gasteiger partial charge in [0.15, 0.2) is 5.69 Å². The summed E-state index contributed by atoms with van der Waals surface area (Å²) in [5, 5.41) is 7.11. The molecule has 88 valence electrons. The smallest absolute Gasteiger partial charge is 0.359 e. The molecule has 0 aliphatic heterocycles. The van der Waals surface area contributed by atoms with Gasteiger partial charge in [-0.25, -0.2) is 9.59 Å². The highest BCUT2D eigenvalue weighted by molar-refractivity contribution is 6.03. The van der Waals surface area contributed by atoms with E-state index in [0.717, 1.165) is 0 Å². The highest BCUT2D eigenvalue weighted by Crippen LogP contribution is 2.18. The summed E-state index contributed by atoms with van der Waals surface area (Å²) < 4.78 is 9.18. The molecule has 0 saturated carbocycles. The lowest BCUT2D eigenvalue weighted by molar-refractivity contribution is 0.0590. The third-order valence-electron chi connectivity index (χ3n) is 2.36. The maximum Gasteiger partial charge on any atom is 0.359 e. The summed E-state index contributed by atoms with van der Waals surface area (Å²) in [7, 11) is 2.59. The normalized spacial score (nSPS) is 10.2. The summed E-state index contributed by atoms with van der Waals surface area (Å²) in [5.74, 6) is -0.969. The SMILES string of the molecule is COC(=O)c1ccc2c(C(=O)OC)n[nH]c2c1. The van der Waals surface area contributed by atoms with Crippen molar-refractivity contribution < 1.29 is 19.1 Å². The third kappa shape index (κ3) is 1.84. The Hall–Kier alpha value is -2.37. The summed E-state index contributed by atoms with van der Waals surface area (Å²) in [5.41, 5.74) is 1.16. The predicted octanol–water partition coefficient (Wildman–Crippen LogP) is 1.14. The molecule has 0 aliphatic carbocycles. The highest BCUT2D eigenvalue weighted by Gasteiger charge is 2.15. The van der Waals surface area contributed by atoms with Gasteiger partial charge in [-0.1, -0.05) is 0 Å². The van der Waals surface area contributed by atoms with Crippen LogP contribution in [0.1, 0.15) is 20.8 Å². The topological polar surface area (TPSA) is 81.3 Å². The number of esters is 2. The summed E-state index contributed by atoms with van der Waals surface area (Å²) in [6, 6.07) is 4.76. The van der Waals surface area contributed by atoms with Gasteiger partial charge in [-0.15, -0.1) is 0 Å². The molecule has 0 aliphatic rings. The van der Waals surface area contributed by atoms with Crippen LogP contribution < -0.4 is 0 Å². The first kappa shape index (κ1) is 11.1. The maximum atomic E-state index is 11.4. The molecule has 1 N–H and O–H groups in total. The number of hydrogen-bond acceptors (Lipinski definition) is 5. The lowest BCUT2D eigenvalue weighted by atomic mass is 10.1. The summed E-state index contributed by atoms with van der Waals surface area (Å²) >= 11 is 0. The zero-order chi connectivity index (χ0) is 12.4. The van der Waals surface area contributed by atoms with Crippen LogP contribution >= 0.6 is 0 Å².